The molecule has 2 nitrogen and oxygen atoms in total. The average Bonchev–Trinajstić information content (AvgIpc) is 2.41. The van der Waals surface area contributed by atoms with Crippen molar-refractivity contribution in [3.8, 4) is 5.75 Å². The van der Waals surface area contributed by atoms with Gasteiger partial charge >= 0.3 is 0 Å². The van der Waals surface area contributed by atoms with Crippen molar-refractivity contribution in [2.24, 2.45) is 5.73 Å². The molecule has 0 aliphatic carbocycles. The van der Waals surface area contributed by atoms with Crippen LogP contribution in [0.4, 0.5) is 0 Å². The highest BCUT2D eigenvalue weighted by molar-refractivity contribution is 5.32. The summed E-state index contributed by atoms with van der Waals surface area (Å²) in [6.45, 7) is 6.18. The van der Waals surface area contributed by atoms with Crippen molar-refractivity contribution in [2.45, 2.75) is 39.3 Å². The van der Waals surface area contributed by atoms with Crippen LogP contribution in [-0.4, -0.2) is 6.10 Å². The zero-order valence-corrected chi connectivity index (χ0v) is 12.5. The fourth-order valence-corrected chi connectivity index (χ4v) is 2.26. The summed E-state index contributed by atoms with van der Waals surface area (Å²) < 4.78 is 5.65. The molecule has 2 aromatic carbocycles. The van der Waals surface area contributed by atoms with Crippen molar-refractivity contribution in [1.29, 1.82) is 0 Å². The molecule has 106 valence electrons. The van der Waals surface area contributed by atoms with E-state index in [4.69, 9.17) is 10.5 Å². The van der Waals surface area contributed by atoms with Crippen LogP contribution in [0, 0.1) is 6.92 Å². The first kappa shape index (κ1) is 14.6. The first-order valence-electron chi connectivity index (χ1n) is 7.13. The number of nitrogens with two attached hydrogens (primary N) is 1. The van der Waals surface area contributed by atoms with E-state index in [0.717, 1.165) is 17.7 Å². The third-order valence-corrected chi connectivity index (χ3v) is 3.38. The molecule has 0 bridgehead atoms. The van der Waals surface area contributed by atoms with Crippen LogP contribution in [0.2, 0.25) is 0 Å². The molecule has 2 N–H and O–H groups in total. The van der Waals surface area contributed by atoms with E-state index in [0.29, 0.717) is 0 Å². The molecule has 0 radical (unpaired) electrons. The molecule has 0 saturated carbocycles. The summed E-state index contributed by atoms with van der Waals surface area (Å²) in [7, 11) is 0. The Kier molecular flexibility index (Phi) is 4.80. The Morgan fingerprint density at radius 1 is 1.00 bits per heavy atom. The molecule has 0 saturated heterocycles. The van der Waals surface area contributed by atoms with Gasteiger partial charge in [-0.15, -0.1) is 0 Å². The fourth-order valence-electron chi connectivity index (χ4n) is 2.26. The number of hydrogen-bond acceptors (Lipinski definition) is 2. The third-order valence-electron chi connectivity index (χ3n) is 3.38. The first-order valence-corrected chi connectivity index (χ1v) is 7.13. The molecule has 1 atom stereocenters. The zero-order chi connectivity index (χ0) is 14.5. The van der Waals surface area contributed by atoms with Gasteiger partial charge in [0.15, 0.2) is 0 Å². The maximum atomic E-state index is 6.31. The largest absolute Gasteiger partial charge is 0.491 e. The number of ether oxygens (including phenoxy) is 1. The van der Waals surface area contributed by atoms with Gasteiger partial charge in [0.2, 0.25) is 0 Å². The van der Waals surface area contributed by atoms with Crippen molar-refractivity contribution >= 4 is 0 Å². The Bertz CT molecular complexity index is 546. The Balaban J connectivity index is 2.06. The van der Waals surface area contributed by atoms with Crippen LogP contribution in [0.5, 0.6) is 5.75 Å². The fraction of sp³-hybridized carbons (Fsp3) is 0.333. The molecule has 0 fully saturated rings. The average molecular weight is 269 g/mol. The molecule has 0 amide bonds. The predicted octanol–water partition coefficient (Wildman–Crippen LogP) is 4.02. The minimum Gasteiger partial charge on any atom is -0.491 e. The van der Waals surface area contributed by atoms with Crippen molar-refractivity contribution in [2.75, 3.05) is 0 Å². The summed E-state index contributed by atoms with van der Waals surface area (Å²) in [5, 5.41) is 0. The Labute approximate surface area is 121 Å². The van der Waals surface area contributed by atoms with Gasteiger partial charge in [0.05, 0.1) is 6.10 Å². The Morgan fingerprint density at radius 2 is 1.65 bits per heavy atom. The number of hydrogen-bond donors (Lipinski definition) is 1. The third kappa shape index (κ3) is 3.84. The summed E-state index contributed by atoms with van der Waals surface area (Å²) in [6, 6.07) is 16.5. The molecular weight excluding hydrogens is 246 g/mol. The van der Waals surface area contributed by atoms with Gasteiger partial charge in [-0.2, -0.15) is 0 Å². The molecule has 1 unspecified atom stereocenters. The van der Waals surface area contributed by atoms with Gasteiger partial charge < -0.3 is 10.5 Å². The van der Waals surface area contributed by atoms with E-state index in [1.807, 2.05) is 26.0 Å². The normalized spacial score (nSPS) is 12.4. The Morgan fingerprint density at radius 3 is 2.25 bits per heavy atom. The molecule has 20 heavy (non-hydrogen) atoms. The second-order valence-electron chi connectivity index (χ2n) is 5.47. The van der Waals surface area contributed by atoms with Gasteiger partial charge in [0.1, 0.15) is 5.75 Å². The highest BCUT2D eigenvalue weighted by Gasteiger charge is 2.09. The van der Waals surface area contributed by atoms with E-state index in [9.17, 15) is 0 Å². The molecule has 2 rings (SSSR count). The van der Waals surface area contributed by atoms with Gasteiger partial charge in [0, 0.05) is 6.04 Å². The monoisotopic (exact) mass is 269 g/mol. The van der Waals surface area contributed by atoms with E-state index in [-0.39, 0.29) is 12.1 Å². The molecule has 0 spiro atoms. The maximum Gasteiger partial charge on any atom is 0.119 e. The van der Waals surface area contributed by atoms with Crippen LogP contribution in [-0.2, 0) is 6.42 Å². The standard InChI is InChI=1S/C18H23NO/c1-13(2)20-17-10-8-15(9-11-17)18(19)12-16-7-5-4-6-14(16)3/h4-11,13,18H,12,19H2,1-3H3. The second kappa shape index (κ2) is 6.58. The van der Waals surface area contributed by atoms with Crippen LogP contribution < -0.4 is 10.5 Å². The quantitative estimate of drug-likeness (QED) is 0.889. The van der Waals surface area contributed by atoms with E-state index < -0.39 is 0 Å². The molecule has 0 aliphatic rings. The Hall–Kier alpha value is -1.80. The van der Waals surface area contributed by atoms with Crippen molar-refractivity contribution in [3.05, 3.63) is 65.2 Å². The first-order chi connectivity index (χ1) is 9.56. The van der Waals surface area contributed by atoms with Crippen molar-refractivity contribution in [3.63, 3.8) is 0 Å². The van der Waals surface area contributed by atoms with Crippen LogP contribution in [0.1, 0.15) is 36.6 Å². The molecular formula is C18H23NO. The summed E-state index contributed by atoms with van der Waals surface area (Å²) in [6.07, 6.45) is 1.05. The second-order valence-corrected chi connectivity index (χ2v) is 5.47. The van der Waals surface area contributed by atoms with E-state index in [1.54, 1.807) is 0 Å². The van der Waals surface area contributed by atoms with Gasteiger partial charge in [-0.3, -0.25) is 0 Å². The molecule has 0 aromatic heterocycles. The van der Waals surface area contributed by atoms with Crippen molar-refractivity contribution in [1.82, 2.24) is 0 Å². The minimum atomic E-state index is 0.0178. The SMILES string of the molecule is Cc1ccccc1CC(N)c1ccc(OC(C)C)cc1. The zero-order valence-electron chi connectivity index (χ0n) is 12.5. The van der Waals surface area contributed by atoms with Crippen LogP contribution in [0.25, 0.3) is 0 Å². The lowest BCUT2D eigenvalue weighted by molar-refractivity contribution is 0.242. The van der Waals surface area contributed by atoms with Gasteiger partial charge in [-0.25, -0.2) is 0 Å². The topological polar surface area (TPSA) is 35.2 Å². The summed E-state index contributed by atoms with van der Waals surface area (Å²) in [5.41, 5.74) is 10.1. The lowest BCUT2D eigenvalue weighted by Gasteiger charge is -2.15. The van der Waals surface area contributed by atoms with Crippen molar-refractivity contribution < 1.29 is 4.74 Å². The van der Waals surface area contributed by atoms with E-state index in [2.05, 4.69) is 43.3 Å². The number of benzene rings is 2. The van der Waals surface area contributed by atoms with Crippen LogP contribution in [0.15, 0.2) is 48.5 Å². The maximum absolute atomic E-state index is 6.31. The predicted molar refractivity (Wildman–Crippen MR) is 84.0 cm³/mol. The van der Waals surface area contributed by atoms with Gasteiger partial charge in [0.25, 0.3) is 0 Å². The summed E-state index contributed by atoms with van der Waals surface area (Å²) in [5.74, 6) is 0.895. The molecule has 2 heteroatoms. The van der Waals surface area contributed by atoms with E-state index in [1.165, 1.54) is 11.1 Å². The van der Waals surface area contributed by atoms with E-state index >= 15 is 0 Å². The van der Waals surface area contributed by atoms with Gasteiger partial charge in [-0.1, -0.05) is 36.4 Å². The molecule has 0 heterocycles. The van der Waals surface area contributed by atoms with Crippen LogP contribution in [0.3, 0.4) is 0 Å². The lowest BCUT2D eigenvalue weighted by atomic mass is 9.97. The van der Waals surface area contributed by atoms with Gasteiger partial charge in [-0.05, 0) is 56.0 Å². The smallest absolute Gasteiger partial charge is 0.119 e. The lowest BCUT2D eigenvalue weighted by Crippen LogP contribution is -2.14. The molecule has 2 aromatic rings. The number of rotatable bonds is 5. The highest BCUT2D eigenvalue weighted by atomic mass is 16.5. The minimum absolute atomic E-state index is 0.0178. The number of aryl methyl sites for hydroxylation is 1. The molecule has 0 aliphatic heterocycles. The summed E-state index contributed by atoms with van der Waals surface area (Å²) in [4.78, 5) is 0. The highest BCUT2D eigenvalue weighted by Crippen LogP contribution is 2.21. The van der Waals surface area contributed by atoms with Crippen LogP contribution >= 0.6 is 0 Å². The summed E-state index contributed by atoms with van der Waals surface area (Å²) >= 11 is 0.